The van der Waals surface area contributed by atoms with Crippen molar-refractivity contribution in [2.45, 2.75) is 6.54 Å². The Balaban J connectivity index is 1.51. The Morgan fingerprint density at radius 1 is 1.12 bits per heavy atom. The molecule has 0 aliphatic heterocycles. The van der Waals surface area contributed by atoms with Crippen LogP contribution in [0, 0.1) is 0 Å². The van der Waals surface area contributed by atoms with Gasteiger partial charge < -0.3 is 10.3 Å². The molecular formula is C17H14N6O. The van der Waals surface area contributed by atoms with Gasteiger partial charge in [-0.25, -0.2) is 9.97 Å². The maximum atomic E-state index is 12.4. The second-order valence-electron chi connectivity index (χ2n) is 5.28. The summed E-state index contributed by atoms with van der Waals surface area (Å²) in [6, 6.07) is 11.1. The molecule has 1 amide bonds. The highest BCUT2D eigenvalue weighted by Gasteiger charge is 2.10. The van der Waals surface area contributed by atoms with Crippen LogP contribution in [0.2, 0.25) is 0 Å². The van der Waals surface area contributed by atoms with E-state index in [2.05, 4.69) is 30.5 Å². The molecule has 0 saturated carbocycles. The molecule has 7 nitrogen and oxygen atoms in total. The van der Waals surface area contributed by atoms with Gasteiger partial charge in [-0.2, -0.15) is 5.10 Å². The van der Waals surface area contributed by atoms with Crippen molar-refractivity contribution in [1.29, 1.82) is 0 Å². The fourth-order valence-electron chi connectivity index (χ4n) is 2.54. The highest BCUT2D eigenvalue weighted by molar-refractivity contribution is 5.95. The van der Waals surface area contributed by atoms with Crippen LogP contribution >= 0.6 is 0 Å². The number of nitrogens with one attached hydrogen (secondary N) is 3. The minimum atomic E-state index is -0.157. The lowest BCUT2D eigenvalue weighted by Gasteiger charge is -2.05. The molecule has 0 aliphatic carbocycles. The van der Waals surface area contributed by atoms with Crippen LogP contribution in [0.3, 0.4) is 0 Å². The lowest BCUT2D eigenvalue weighted by Crippen LogP contribution is -2.23. The third kappa shape index (κ3) is 2.63. The fourth-order valence-corrected chi connectivity index (χ4v) is 2.54. The summed E-state index contributed by atoms with van der Waals surface area (Å²) in [6.07, 6.45) is 5.12. The lowest BCUT2D eigenvalue weighted by molar-refractivity contribution is 0.0950. The van der Waals surface area contributed by atoms with Crippen LogP contribution in [0.15, 0.2) is 55.0 Å². The summed E-state index contributed by atoms with van der Waals surface area (Å²) in [6.45, 7) is 0.353. The highest BCUT2D eigenvalue weighted by Crippen LogP contribution is 2.16. The summed E-state index contributed by atoms with van der Waals surface area (Å²) >= 11 is 0. The molecule has 4 aromatic rings. The van der Waals surface area contributed by atoms with Gasteiger partial charge in [0.15, 0.2) is 5.65 Å². The third-order valence-electron chi connectivity index (χ3n) is 3.73. The molecule has 3 aromatic heterocycles. The molecule has 0 saturated heterocycles. The SMILES string of the molecule is O=C(NCc1[nH]nc2ncccc12)c1cccc(-c2ncc[nH]2)c1. The molecule has 0 fully saturated rings. The molecular weight excluding hydrogens is 304 g/mol. The number of aromatic amines is 2. The topological polar surface area (TPSA) is 99.3 Å². The van der Waals surface area contributed by atoms with Crippen LogP contribution in [0.4, 0.5) is 0 Å². The standard InChI is InChI=1S/C17H14N6O/c24-17(12-4-1-3-11(9-12)15-19-7-8-20-15)21-10-14-13-5-2-6-18-16(13)23-22-14/h1-9H,10H2,(H,19,20)(H,21,24)(H,18,22,23). The predicted octanol–water partition coefficient (Wildman–Crippen LogP) is 2.28. The zero-order valence-corrected chi connectivity index (χ0v) is 12.7. The number of hydrogen-bond donors (Lipinski definition) is 3. The normalized spacial score (nSPS) is 10.8. The van der Waals surface area contributed by atoms with Gasteiger partial charge in [0.25, 0.3) is 5.91 Å². The first-order valence-corrected chi connectivity index (χ1v) is 7.47. The number of hydrogen-bond acceptors (Lipinski definition) is 4. The Labute approximate surface area is 137 Å². The molecule has 118 valence electrons. The number of carbonyl (C=O) groups is 1. The summed E-state index contributed by atoms with van der Waals surface area (Å²) in [5.74, 6) is 0.574. The number of benzene rings is 1. The molecule has 0 atom stereocenters. The quantitative estimate of drug-likeness (QED) is 0.537. The van der Waals surface area contributed by atoms with Crippen LogP contribution in [0.1, 0.15) is 16.1 Å². The average Bonchev–Trinajstić information content (AvgIpc) is 3.30. The van der Waals surface area contributed by atoms with Gasteiger partial charge in [0, 0.05) is 35.1 Å². The molecule has 0 unspecified atom stereocenters. The van der Waals surface area contributed by atoms with Gasteiger partial charge in [0.2, 0.25) is 0 Å². The van der Waals surface area contributed by atoms with E-state index in [1.54, 1.807) is 30.7 Å². The molecule has 0 aliphatic rings. The fraction of sp³-hybridized carbons (Fsp3) is 0.0588. The molecule has 3 heterocycles. The van der Waals surface area contributed by atoms with E-state index >= 15 is 0 Å². The van der Waals surface area contributed by atoms with Gasteiger partial charge >= 0.3 is 0 Å². The van der Waals surface area contributed by atoms with Crippen LogP contribution in [-0.4, -0.2) is 31.1 Å². The molecule has 7 heteroatoms. The number of imidazole rings is 1. The van der Waals surface area contributed by atoms with Crippen molar-refractivity contribution in [2.75, 3.05) is 0 Å². The maximum Gasteiger partial charge on any atom is 0.251 e. The average molecular weight is 318 g/mol. The van der Waals surface area contributed by atoms with Gasteiger partial charge in [-0.15, -0.1) is 0 Å². The van der Waals surface area contributed by atoms with Crippen molar-refractivity contribution in [3.8, 4) is 11.4 Å². The van der Waals surface area contributed by atoms with Crippen LogP contribution in [0.5, 0.6) is 0 Å². The van der Waals surface area contributed by atoms with Gasteiger partial charge in [-0.3, -0.25) is 9.89 Å². The number of carbonyl (C=O) groups excluding carboxylic acids is 1. The Kier molecular flexibility index (Phi) is 3.51. The molecule has 0 spiro atoms. The molecule has 0 bridgehead atoms. The van der Waals surface area contributed by atoms with Crippen molar-refractivity contribution in [3.05, 3.63) is 66.2 Å². The number of rotatable bonds is 4. The summed E-state index contributed by atoms with van der Waals surface area (Å²) in [5.41, 5.74) is 2.91. The molecule has 3 N–H and O–H groups in total. The smallest absolute Gasteiger partial charge is 0.251 e. The first kappa shape index (κ1) is 14.1. The van der Waals surface area contributed by atoms with Crippen molar-refractivity contribution in [1.82, 2.24) is 30.5 Å². The van der Waals surface area contributed by atoms with Gasteiger partial charge in [0.1, 0.15) is 5.82 Å². The Bertz CT molecular complexity index is 989. The van der Waals surface area contributed by atoms with Gasteiger partial charge in [-0.1, -0.05) is 12.1 Å². The number of H-pyrrole nitrogens is 2. The Hall–Kier alpha value is -3.48. The summed E-state index contributed by atoms with van der Waals surface area (Å²) in [4.78, 5) is 23.8. The van der Waals surface area contributed by atoms with Crippen LogP contribution in [-0.2, 0) is 6.54 Å². The minimum absolute atomic E-state index is 0.157. The molecule has 1 aromatic carbocycles. The van der Waals surface area contributed by atoms with Crippen molar-refractivity contribution in [3.63, 3.8) is 0 Å². The Morgan fingerprint density at radius 3 is 2.96 bits per heavy atom. The monoisotopic (exact) mass is 318 g/mol. The maximum absolute atomic E-state index is 12.4. The van der Waals surface area contributed by atoms with Crippen LogP contribution in [0.25, 0.3) is 22.4 Å². The Morgan fingerprint density at radius 2 is 2.08 bits per heavy atom. The summed E-state index contributed by atoms with van der Waals surface area (Å²) < 4.78 is 0. The van der Waals surface area contributed by atoms with E-state index in [1.165, 1.54) is 0 Å². The van der Waals surface area contributed by atoms with E-state index in [4.69, 9.17) is 0 Å². The van der Waals surface area contributed by atoms with Crippen molar-refractivity contribution < 1.29 is 4.79 Å². The number of fused-ring (bicyclic) bond motifs is 1. The lowest BCUT2D eigenvalue weighted by atomic mass is 10.1. The largest absolute Gasteiger partial charge is 0.346 e. The zero-order chi connectivity index (χ0) is 16.4. The first-order valence-electron chi connectivity index (χ1n) is 7.47. The molecule has 24 heavy (non-hydrogen) atoms. The van der Waals surface area contributed by atoms with Crippen molar-refractivity contribution in [2.24, 2.45) is 0 Å². The minimum Gasteiger partial charge on any atom is -0.346 e. The van der Waals surface area contributed by atoms with Gasteiger partial charge in [0.05, 0.1) is 12.2 Å². The number of nitrogens with zero attached hydrogens (tertiary/aromatic N) is 3. The van der Waals surface area contributed by atoms with E-state index in [9.17, 15) is 4.79 Å². The summed E-state index contributed by atoms with van der Waals surface area (Å²) in [5, 5.41) is 10.8. The van der Waals surface area contributed by atoms with Gasteiger partial charge in [-0.05, 0) is 24.3 Å². The van der Waals surface area contributed by atoms with E-state index < -0.39 is 0 Å². The number of aromatic nitrogens is 5. The molecule has 4 rings (SSSR count). The second-order valence-corrected chi connectivity index (χ2v) is 5.28. The van der Waals surface area contributed by atoms with E-state index in [1.807, 2.05) is 24.3 Å². The predicted molar refractivity (Wildman–Crippen MR) is 89.1 cm³/mol. The second kappa shape index (κ2) is 5.96. The number of amides is 1. The summed E-state index contributed by atoms with van der Waals surface area (Å²) in [7, 11) is 0. The zero-order valence-electron chi connectivity index (χ0n) is 12.7. The molecule has 0 radical (unpaired) electrons. The highest BCUT2D eigenvalue weighted by atomic mass is 16.1. The van der Waals surface area contributed by atoms with E-state index in [-0.39, 0.29) is 5.91 Å². The van der Waals surface area contributed by atoms with Crippen LogP contribution < -0.4 is 5.32 Å². The first-order chi connectivity index (χ1) is 11.8. The van der Waals surface area contributed by atoms with E-state index in [0.29, 0.717) is 17.8 Å². The number of pyridine rings is 1. The van der Waals surface area contributed by atoms with Crippen molar-refractivity contribution >= 4 is 16.9 Å². The van der Waals surface area contributed by atoms with E-state index in [0.717, 1.165) is 22.5 Å². The third-order valence-corrected chi connectivity index (χ3v) is 3.73.